The number of nitrogens with zero attached hydrogens (tertiary/aromatic N) is 4. The number of benzene rings is 1. The highest BCUT2D eigenvalue weighted by Gasteiger charge is 2.20. The van der Waals surface area contributed by atoms with E-state index >= 15 is 0 Å². The Kier molecular flexibility index (Phi) is 5.69. The topological polar surface area (TPSA) is 54.5 Å². The van der Waals surface area contributed by atoms with Crippen LogP contribution < -0.4 is 0 Å². The molecule has 6 heteroatoms. The fourth-order valence-corrected chi connectivity index (χ4v) is 3.88. The van der Waals surface area contributed by atoms with Crippen LogP contribution in [-0.2, 0) is 13.0 Å². The molecule has 0 amide bonds. The predicted molar refractivity (Wildman–Crippen MR) is 99.5 cm³/mol. The first kappa shape index (κ1) is 18.2. The first-order valence-electron chi connectivity index (χ1n) is 8.37. The Labute approximate surface area is 156 Å². The average Bonchev–Trinajstić information content (AvgIpc) is 2.94. The number of nitriles is 1. The summed E-state index contributed by atoms with van der Waals surface area (Å²) < 4.78 is 15.7. The second-order valence-electron chi connectivity index (χ2n) is 6.21. The molecule has 0 spiro atoms. The molecular weight excluding hydrogens is 347 g/mol. The second kappa shape index (κ2) is 8.15. The largest absolute Gasteiger partial charge is 0.317 e. The number of aromatic nitrogens is 3. The van der Waals surface area contributed by atoms with Crippen molar-refractivity contribution in [2.45, 2.75) is 42.7 Å². The Morgan fingerprint density at radius 1 is 1.27 bits per heavy atom. The van der Waals surface area contributed by atoms with Crippen LogP contribution in [0, 0.1) is 17.1 Å². The first-order valence-corrected chi connectivity index (χ1v) is 9.18. The van der Waals surface area contributed by atoms with Crippen molar-refractivity contribution in [3.05, 3.63) is 71.7 Å². The van der Waals surface area contributed by atoms with Crippen molar-refractivity contribution in [2.24, 2.45) is 0 Å². The molecule has 0 bridgehead atoms. The van der Waals surface area contributed by atoms with Gasteiger partial charge in [0.05, 0.1) is 24.7 Å². The summed E-state index contributed by atoms with van der Waals surface area (Å²) in [4.78, 5) is 9.70. The van der Waals surface area contributed by atoms with Gasteiger partial charge in [-0.05, 0) is 35.7 Å². The van der Waals surface area contributed by atoms with Crippen molar-refractivity contribution in [1.29, 1.82) is 5.26 Å². The van der Waals surface area contributed by atoms with Gasteiger partial charge >= 0.3 is 0 Å². The van der Waals surface area contributed by atoms with Gasteiger partial charge in [-0.2, -0.15) is 5.26 Å². The fraction of sp³-hybridized carbons (Fsp3) is 0.250. The smallest absolute Gasteiger partial charge is 0.124 e. The molecule has 0 unspecified atom stereocenters. The van der Waals surface area contributed by atoms with Gasteiger partial charge in [0.2, 0.25) is 0 Å². The summed E-state index contributed by atoms with van der Waals surface area (Å²) in [6.45, 7) is 4.72. The van der Waals surface area contributed by atoms with Gasteiger partial charge in [-0.15, -0.1) is 0 Å². The van der Waals surface area contributed by atoms with Gasteiger partial charge in [0.15, 0.2) is 0 Å². The van der Waals surface area contributed by atoms with E-state index in [0.29, 0.717) is 6.54 Å². The molecule has 132 valence electrons. The lowest BCUT2D eigenvalue weighted by atomic mass is 10.1. The Bertz CT molecular complexity index is 929. The molecule has 0 N–H and O–H groups in total. The van der Waals surface area contributed by atoms with Gasteiger partial charge in [0, 0.05) is 17.3 Å². The summed E-state index contributed by atoms with van der Waals surface area (Å²) in [7, 11) is 0. The summed E-state index contributed by atoms with van der Waals surface area (Å²) in [5.41, 5.74) is 1.95. The molecule has 0 saturated heterocycles. The Balaban J connectivity index is 2.08. The maximum absolute atomic E-state index is 13.6. The highest BCUT2D eigenvalue weighted by Crippen LogP contribution is 2.35. The van der Waals surface area contributed by atoms with Crippen LogP contribution in [-0.4, -0.2) is 14.5 Å². The van der Waals surface area contributed by atoms with Crippen LogP contribution in [0.1, 0.15) is 36.8 Å². The molecule has 26 heavy (non-hydrogen) atoms. The SMILES string of the molecule is CC(C)c1nc(CC#N)n(Cc2cccnc2)c1Sc1cccc(F)c1. The summed E-state index contributed by atoms with van der Waals surface area (Å²) >= 11 is 1.48. The minimum Gasteiger partial charge on any atom is -0.317 e. The summed E-state index contributed by atoms with van der Waals surface area (Å²) in [5, 5.41) is 10.1. The van der Waals surface area contributed by atoms with E-state index in [1.807, 2.05) is 29.0 Å². The molecule has 1 aromatic carbocycles. The van der Waals surface area contributed by atoms with Crippen LogP contribution >= 0.6 is 11.8 Å². The van der Waals surface area contributed by atoms with E-state index in [9.17, 15) is 9.65 Å². The summed E-state index contributed by atoms with van der Waals surface area (Å²) in [6, 6.07) is 12.6. The Morgan fingerprint density at radius 2 is 2.12 bits per heavy atom. The zero-order valence-electron chi connectivity index (χ0n) is 14.7. The van der Waals surface area contributed by atoms with Crippen LogP contribution in [0.3, 0.4) is 0 Å². The van der Waals surface area contributed by atoms with E-state index < -0.39 is 0 Å². The molecule has 2 heterocycles. The van der Waals surface area contributed by atoms with Crippen LogP contribution in [0.15, 0.2) is 58.7 Å². The monoisotopic (exact) mass is 366 g/mol. The zero-order valence-corrected chi connectivity index (χ0v) is 15.5. The Hall–Kier alpha value is -2.65. The van der Waals surface area contributed by atoms with Crippen molar-refractivity contribution in [2.75, 3.05) is 0 Å². The average molecular weight is 366 g/mol. The van der Waals surface area contributed by atoms with Gasteiger partial charge in [0.1, 0.15) is 16.7 Å². The van der Waals surface area contributed by atoms with E-state index in [2.05, 4.69) is 24.9 Å². The van der Waals surface area contributed by atoms with Gasteiger partial charge in [-0.25, -0.2) is 9.37 Å². The Morgan fingerprint density at radius 3 is 2.77 bits per heavy atom. The second-order valence-corrected chi connectivity index (χ2v) is 7.28. The van der Waals surface area contributed by atoms with Gasteiger partial charge in [-0.1, -0.05) is 37.7 Å². The maximum atomic E-state index is 13.6. The number of halogens is 1. The first-order chi connectivity index (χ1) is 12.6. The van der Waals surface area contributed by atoms with Crippen molar-refractivity contribution in [3.63, 3.8) is 0 Å². The molecule has 0 atom stereocenters. The number of pyridine rings is 1. The lowest BCUT2D eigenvalue weighted by Gasteiger charge is -2.13. The molecule has 0 saturated carbocycles. The van der Waals surface area contributed by atoms with E-state index in [1.165, 1.54) is 23.9 Å². The van der Waals surface area contributed by atoms with Crippen molar-refractivity contribution >= 4 is 11.8 Å². The van der Waals surface area contributed by atoms with Crippen molar-refractivity contribution in [1.82, 2.24) is 14.5 Å². The van der Waals surface area contributed by atoms with Gasteiger partial charge in [0.25, 0.3) is 0 Å². The molecule has 4 nitrogen and oxygen atoms in total. The van der Waals surface area contributed by atoms with Crippen molar-refractivity contribution in [3.8, 4) is 6.07 Å². The van der Waals surface area contributed by atoms with E-state index in [-0.39, 0.29) is 18.2 Å². The molecule has 3 aromatic rings. The number of imidazole rings is 1. The lowest BCUT2D eigenvalue weighted by molar-refractivity contribution is 0.624. The molecule has 3 rings (SSSR count). The predicted octanol–water partition coefficient (Wildman–Crippen LogP) is 4.81. The van der Waals surface area contributed by atoms with Crippen LogP contribution in [0.4, 0.5) is 4.39 Å². The minimum atomic E-state index is -0.267. The van der Waals surface area contributed by atoms with E-state index in [0.717, 1.165) is 27.0 Å². The summed E-state index contributed by atoms with van der Waals surface area (Å²) in [5.74, 6) is 0.647. The lowest BCUT2D eigenvalue weighted by Crippen LogP contribution is -2.06. The molecule has 0 radical (unpaired) electrons. The van der Waals surface area contributed by atoms with E-state index in [1.54, 1.807) is 12.3 Å². The normalized spacial score (nSPS) is 10.9. The standard InChI is InChI=1S/C20H19FN4S/c1-14(2)19-20(26-17-7-3-6-16(21)11-17)25(18(24-19)8-9-22)13-15-5-4-10-23-12-15/h3-7,10-12,14H,8,13H2,1-2H3. The fourth-order valence-electron chi connectivity index (χ4n) is 2.67. The molecule has 2 aromatic heterocycles. The van der Waals surface area contributed by atoms with Gasteiger partial charge in [-0.3, -0.25) is 4.98 Å². The molecule has 0 aliphatic rings. The molecule has 0 aliphatic heterocycles. The third kappa shape index (κ3) is 4.12. The van der Waals surface area contributed by atoms with Gasteiger partial charge < -0.3 is 4.57 Å². The van der Waals surface area contributed by atoms with Crippen LogP contribution in [0.5, 0.6) is 0 Å². The van der Waals surface area contributed by atoms with E-state index in [4.69, 9.17) is 4.98 Å². The molecular formula is C20H19FN4S. The molecule has 0 fully saturated rings. The highest BCUT2D eigenvalue weighted by atomic mass is 32.2. The number of hydrogen-bond acceptors (Lipinski definition) is 4. The third-order valence-electron chi connectivity index (χ3n) is 3.88. The van der Waals surface area contributed by atoms with Crippen molar-refractivity contribution < 1.29 is 4.39 Å². The summed E-state index contributed by atoms with van der Waals surface area (Å²) in [6.07, 6.45) is 3.76. The van der Waals surface area contributed by atoms with Crippen LogP contribution in [0.2, 0.25) is 0 Å². The number of rotatable bonds is 6. The quantitative estimate of drug-likeness (QED) is 0.628. The zero-order chi connectivity index (χ0) is 18.5. The third-order valence-corrected chi connectivity index (χ3v) is 5.00. The minimum absolute atomic E-state index is 0.193. The van der Waals surface area contributed by atoms with Crippen LogP contribution in [0.25, 0.3) is 0 Å². The molecule has 0 aliphatic carbocycles. The highest BCUT2D eigenvalue weighted by molar-refractivity contribution is 7.99. The number of hydrogen-bond donors (Lipinski definition) is 0. The maximum Gasteiger partial charge on any atom is 0.124 e.